The Morgan fingerprint density at radius 3 is 2.83 bits per heavy atom. The molecule has 5 atom stereocenters. The molecule has 2 N–H and O–H groups in total. The molecule has 0 aliphatic heterocycles. The topological polar surface area (TPSA) is 74.6 Å². The van der Waals surface area contributed by atoms with Crippen molar-refractivity contribution in [2.24, 2.45) is 28.3 Å². The molecule has 2 aromatic rings. The number of carbonyl (C=O) groups is 1. The predicted molar refractivity (Wildman–Crippen MR) is 135 cm³/mol. The molecule has 0 radical (unpaired) electrons. The van der Waals surface area contributed by atoms with Gasteiger partial charge in [-0.2, -0.15) is 0 Å². The highest BCUT2D eigenvalue weighted by atomic mass is 19.1. The molecule has 0 bridgehead atoms. The first kappa shape index (κ1) is 24.0. The third kappa shape index (κ3) is 4.36. The molecule has 0 saturated heterocycles. The van der Waals surface area contributed by atoms with E-state index >= 15 is 0 Å². The van der Waals surface area contributed by atoms with Crippen molar-refractivity contribution in [2.45, 2.75) is 77.6 Å². The maximum absolute atomic E-state index is 13.9. The molecule has 5 nitrogen and oxygen atoms in total. The van der Waals surface area contributed by atoms with Gasteiger partial charge in [0.15, 0.2) is 0 Å². The molecule has 5 rings (SSSR count). The molecule has 1 aromatic heterocycles. The number of oxime groups is 1. The van der Waals surface area contributed by atoms with Crippen LogP contribution < -0.4 is 5.32 Å². The van der Waals surface area contributed by atoms with Crippen LogP contribution in [0.4, 0.5) is 10.2 Å². The second-order valence-electron chi connectivity index (χ2n) is 11.4. The van der Waals surface area contributed by atoms with Crippen LogP contribution in [0.2, 0.25) is 0 Å². The van der Waals surface area contributed by atoms with Crippen LogP contribution in [-0.2, 0) is 11.2 Å². The summed E-state index contributed by atoms with van der Waals surface area (Å²) in [5, 5.41) is 16.6. The highest BCUT2D eigenvalue weighted by Crippen LogP contribution is 2.62. The number of fused-ring (bicyclic) bond motifs is 5. The van der Waals surface area contributed by atoms with E-state index < -0.39 is 0 Å². The number of carbonyl (C=O) groups excluding carboxylic acids is 1. The molecule has 35 heavy (non-hydrogen) atoms. The lowest BCUT2D eigenvalue weighted by atomic mass is 9.54. The quantitative estimate of drug-likeness (QED) is 0.373. The van der Waals surface area contributed by atoms with E-state index in [4.69, 9.17) is 0 Å². The van der Waals surface area contributed by atoms with Crippen LogP contribution in [0.15, 0.2) is 41.7 Å². The minimum atomic E-state index is -0.157. The smallest absolute Gasteiger partial charge is 0.225 e. The van der Waals surface area contributed by atoms with Gasteiger partial charge in [0.25, 0.3) is 0 Å². The van der Waals surface area contributed by atoms with Crippen LogP contribution in [0.5, 0.6) is 0 Å². The Labute approximate surface area is 207 Å². The van der Waals surface area contributed by atoms with Crippen molar-refractivity contribution in [1.82, 2.24) is 4.98 Å². The number of benzene rings is 1. The average Bonchev–Trinajstić information content (AvgIpc) is 3.14. The molecule has 1 aromatic carbocycles. The Kier molecular flexibility index (Phi) is 6.41. The second-order valence-corrected chi connectivity index (χ2v) is 11.4. The summed E-state index contributed by atoms with van der Waals surface area (Å²) in [6.45, 7) is 6.49. The van der Waals surface area contributed by atoms with E-state index in [0.29, 0.717) is 41.8 Å². The standard InChI is InChI=1S/C29H36FN3O2/c1-17(2)20-5-10-26(31-16-20)32-27(34)11-6-19-15-25(33-35)29(3)13-12-23-22-9-7-21(30)14-18(22)4-8-24(23)28(19)29/h5,7,9-10,14,16-17,19,23-24,28,35H,4,6,8,11-13,15H2,1-3H3,(H,31,32,34)/b33-25+/t19-,23?,24?,28?,29-/m1/s1. The summed E-state index contributed by atoms with van der Waals surface area (Å²) in [4.78, 5) is 17.2. The van der Waals surface area contributed by atoms with E-state index in [1.54, 1.807) is 12.1 Å². The number of anilines is 1. The third-order valence-corrected chi connectivity index (χ3v) is 9.15. The van der Waals surface area contributed by atoms with Gasteiger partial charge in [-0.1, -0.05) is 38.1 Å². The number of aromatic nitrogens is 1. The lowest BCUT2D eigenvalue weighted by Crippen LogP contribution is -2.44. The van der Waals surface area contributed by atoms with E-state index in [0.717, 1.165) is 55.4 Å². The molecular formula is C29H36FN3O2. The van der Waals surface area contributed by atoms with E-state index in [1.807, 2.05) is 24.4 Å². The number of nitrogens with one attached hydrogen (secondary N) is 1. The normalized spacial score (nSPS) is 30.6. The monoisotopic (exact) mass is 477 g/mol. The number of rotatable bonds is 5. The van der Waals surface area contributed by atoms with Gasteiger partial charge in [0.05, 0.1) is 5.71 Å². The van der Waals surface area contributed by atoms with Gasteiger partial charge in [0.2, 0.25) is 5.91 Å². The molecule has 3 aliphatic rings. The summed E-state index contributed by atoms with van der Waals surface area (Å²) in [7, 11) is 0. The Hall–Kier alpha value is -2.76. The van der Waals surface area contributed by atoms with Crippen LogP contribution >= 0.6 is 0 Å². The van der Waals surface area contributed by atoms with E-state index in [-0.39, 0.29) is 17.1 Å². The number of pyridine rings is 1. The van der Waals surface area contributed by atoms with Crippen molar-refractivity contribution in [2.75, 3.05) is 5.32 Å². The number of hydrogen-bond donors (Lipinski definition) is 2. The molecule has 2 fully saturated rings. The number of amides is 1. The summed E-state index contributed by atoms with van der Waals surface area (Å²) >= 11 is 0. The van der Waals surface area contributed by atoms with E-state index in [2.05, 4.69) is 36.2 Å². The fourth-order valence-electron chi connectivity index (χ4n) is 7.39. The van der Waals surface area contributed by atoms with Gasteiger partial charge >= 0.3 is 0 Å². The zero-order chi connectivity index (χ0) is 24.7. The Morgan fingerprint density at radius 1 is 1.29 bits per heavy atom. The highest BCUT2D eigenvalue weighted by molar-refractivity contribution is 5.93. The third-order valence-electron chi connectivity index (χ3n) is 9.15. The SMILES string of the molecule is CC(C)c1ccc(NC(=O)CC[C@@H]2C/C(=N\O)[C@@]3(C)CCC4c5ccc(F)cc5CCC4C23)nc1. The first-order valence-corrected chi connectivity index (χ1v) is 13.1. The number of halogens is 1. The molecule has 186 valence electrons. The first-order valence-electron chi connectivity index (χ1n) is 13.1. The fraction of sp³-hybridized carbons (Fsp3) is 0.552. The summed E-state index contributed by atoms with van der Waals surface area (Å²) in [5.41, 5.74) is 4.35. The minimum absolute atomic E-state index is 0.0253. The Balaban J connectivity index is 1.31. The van der Waals surface area contributed by atoms with Crippen LogP contribution in [-0.4, -0.2) is 21.8 Å². The van der Waals surface area contributed by atoms with Crippen molar-refractivity contribution in [3.8, 4) is 0 Å². The zero-order valence-electron chi connectivity index (χ0n) is 20.9. The number of aryl methyl sites for hydroxylation is 1. The van der Waals surface area contributed by atoms with Gasteiger partial charge in [0, 0.05) is 18.0 Å². The van der Waals surface area contributed by atoms with Gasteiger partial charge in [-0.3, -0.25) is 4.79 Å². The Bertz CT molecular complexity index is 1130. The molecule has 6 heteroatoms. The number of hydrogen-bond acceptors (Lipinski definition) is 4. The van der Waals surface area contributed by atoms with Gasteiger partial charge in [-0.25, -0.2) is 9.37 Å². The molecular weight excluding hydrogens is 441 g/mol. The van der Waals surface area contributed by atoms with Crippen molar-refractivity contribution >= 4 is 17.4 Å². The fourth-order valence-corrected chi connectivity index (χ4v) is 7.39. The van der Waals surface area contributed by atoms with Gasteiger partial charge in [0.1, 0.15) is 11.6 Å². The van der Waals surface area contributed by atoms with Crippen molar-refractivity contribution in [3.63, 3.8) is 0 Å². The molecule has 2 saturated carbocycles. The molecule has 1 heterocycles. The summed E-state index contributed by atoms with van der Waals surface area (Å²) < 4.78 is 13.9. The maximum Gasteiger partial charge on any atom is 0.225 e. The largest absolute Gasteiger partial charge is 0.411 e. The second kappa shape index (κ2) is 9.36. The van der Waals surface area contributed by atoms with Crippen LogP contribution in [0, 0.1) is 29.0 Å². The van der Waals surface area contributed by atoms with Crippen LogP contribution in [0.25, 0.3) is 0 Å². The zero-order valence-corrected chi connectivity index (χ0v) is 20.9. The minimum Gasteiger partial charge on any atom is -0.411 e. The molecule has 0 spiro atoms. The van der Waals surface area contributed by atoms with Gasteiger partial charge in [-0.05, 0) is 103 Å². The van der Waals surface area contributed by atoms with Crippen LogP contribution in [0.3, 0.4) is 0 Å². The molecule has 3 unspecified atom stereocenters. The summed E-state index contributed by atoms with van der Waals surface area (Å²) in [6, 6.07) is 9.16. The van der Waals surface area contributed by atoms with Crippen molar-refractivity contribution in [1.29, 1.82) is 0 Å². The number of nitrogens with zero attached hydrogens (tertiary/aromatic N) is 2. The maximum atomic E-state index is 13.9. The van der Waals surface area contributed by atoms with E-state index in [9.17, 15) is 14.4 Å². The Morgan fingerprint density at radius 2 is 2.11 bits per heavy atom. The first-order chi connectivity index (χ1) is 16.8. The van der Waals surface area contributed by atoms with Gasteiger partial charge in [-0.15, -0.1) is 0 Å². The molecule has 3 aliphatic carbocycles. The van der Waals surface area contributed by atoms with Gasteiger partial charge < -0.3 is 10.5 Å². The van der Waals surface area contributed by atoms with Crippen molar-refractivity contribution in [3.05, 3.63) is 59.0 Å². The lowest BCUT2D eigenvalue weighted by molar-refractivity contribution is -0.116. The van der Waals surface area contributed by atoms with Crippen molar-refractivity contribution < 1.29 is 14.4 Å². The summed E-state index contributed by atoms with van der Waals surface area (Å²) in [6.07, 6.45) is 7.64. The lowest BCUT2D eigenvalue weighted by Gasteiger charge is -2.50. The average molecular weight is 478 g/mol. The summed E-state index contributed by atoms with van der Waals surface area (Å²) in [5.74, 6) is 2.33. The predicted octanol–water partition coefficient (Wildman–Crippen LogP) is 6.68. The molecule has 1 amide bonds. The highest BCUT2D eigenvalue weighted by Gasteiger charge is 2.57. The van der Waals surface area contributed by atoms with Crippen LogP contribution in [0.1, 0.15) is 87.8 Å². The van der Waals surface area contributed by atoms with E-state index in [1.165, 1.54) is 5.56 Å².